The highest BCUT2D eigenvalue weighted by atomic mass is 16.4. The van der Waals surface area contributed by atoms with E-state index in [0.29, 0.717) is 12.8 Å². The molecule has 1 aliphatic carbocycles. The molecule has 0 saturated heterocycles. The van der Waals surface area contributed by atoms with E-state index in [2.05, 4.69) is 24.3 Å². The van der Waals surface area contributed by atoms with Gasteiger partial charge in [0.15, 0.2) is 0 Å². The second-order valence-corrected chi connectivity index (χ2v) is 6.07. The predicted octanol–water partition coefficient (Wildman–Crippen LogP) is 3.96. The lowest BCUT2D eigenvalue weighted by molar-refractivity contribution is -0.143. The van der Waals surface area contributed by atoms with E-state index in [-0.39, 0.29) is 0 Å². The number of aliphatic carboxylic acids is 1. The standard InChI is InChI=1S/C20H16O2/c21-19(22)20(18-8-2-1-3-9-18)12-16-10-14-6-4-5-7-15(14)11-17(16)13-20/h1-11H,12-13H2,(H,21,22). The van der Waals surface area contributed by atoms with Crippen molar-refractivity contribution in [1.29, 1.82) is 0 Å². The molecule has 0 bridgehead atoms. The monoisotopic (exact) mass is 288 g/mol. The third kappa shape index (κ3) is 1.84. The van der Waals surface area contributed by atoms with Crippen LogP contribution in [0.2, 0.25) is 0 Å². The van der Waals surface area contributed by atoms with Gasteiger partial charge in [-0.15, -0.1) is 0 Å². The highest BCUT2D eigenvalue weighted by molar-refractivity contribution is 5.88. The Morgan fingerprint density at radius 3 is 1.82 bits per heavy atom. The van der Waals surface area contributed by atoms with E-state index in [1.807, 2.05) is 42.5 Å². The van der Waals surface area contributed by atoms with Gasteiger partial charge in [-0.05, 0) is 40.3 Å². The average Bonchev–Trinajstić information content (AvgIpc) is 2.93. The lowest BCUT2D eigenvalue weighted by Crippen LogP contribution is -2.36. The zero-order valence-electron chi connectivity index (χ0n) is 12.1. The van der Waals surface area contributed by atoms with E-state index in [9.17, 15) is 9.90 Å². The van der Waals surface area contributed by atoms with Crippen LogP contribution in [-0.2, 0) is 23.1 Å². The topological polar surface area (TPSA) is 37.3 Å². The maximum absolute atomic E-state index is 12.1. The van der Waals surface area contributed by atoms with Crippen molar-refractivity contribution in [1.82, 2.24) is 0 Å². The second-order valence-electron chi connectivity index (χ2n) is 6.07. The quantitative estimate of drug-likeness (QED) is 0.775. The summed E-state index contributed by atoms with van der Waals surface area (Å²) < 4.78 is 0. The summed E-state index contributed by atoms with van der Waals surface area (Å²) in [6, 6.07) is 22.1. The molecule has 0 atom stereocenters. The molecule has 0 aromatic heterocycles. The van der Waals surface area contributed by atoms with Crippen LogP contribution in [0.5, 0.6) is 0 Å². The number of fused-ring (bicyclic) bond motifs is 2. The number of carboxylic acid groups (broad SMARTS) is 1. The lowest BCUT2D eigenvalue weighted by atomic mass is 9.78. The van der Waals surface area contributed by atoms with Gasteiger partial charge in [0.25, 0.3) is 0 Å². The summed E-state index contributed by atoms with van der Waals surface area (Å²) >= 11 is 0. The molecule has 4 rings (SSSR count). The van der Waals surface area contributed by atoms with Gasteiger partial charge in [0.05, 0.1) is 0 Å². The van der Waals surface area contributed by atoms with Crippen LogP contribution in [0.3, 0.4) is 0 Å². The van der Waals surface area contributed by atoms with Gasteiger partial charge in [-0.3, -0.25) is 4.79 Å². The maximum atomic E-state index is 12.1. The minimum Gasteiger partial charge on any atom is -0.481 e. The lowest BCUT2D eigenvalue weighted by Gasteiger charge is -2.24. The first-order valence-electron chi connectivity index (χ1n) is 7.48. The Kier molecular flexibility index (Phi) is 2.80. The van der Waals surface area contributed by atoms with Crippen molar-refractivity contribution in [3.63, 3.8) is 0 Å². The molecule has 0 unspecified atom stereocenters. The summed E-state index contributed by atoms with van der Waals surface area (Å²) in [5.41, 5.74) is 2.37. The maximum Gasteiger partial charge on any atom is 0.314 e. The fraction of sp³-hybridized carbons (Fsp3) is 0.150. The normalized spacial score (nSPS) is 15.6. The molecule has 0 aliphatic heterocycles. The predicted molar refractivity (Wildman–Crippen MR) is 87.1 cm³/mol. The second kappa shape index (κ2) is 4.70. The average molecular weight is 288 g/mol. The number of carbonyl (C=O) groups is 1. The largest absolute Gasteiger partial charge is 0.481 e. The molecular weight excluding hydrogens is 272 g/mol. The van der Waals surface area contributed by atoms with Crippen LogP contribution in [0.15, 0.2) is 66.7 Å². The summed E-state index contributed by atoms with van der Waals surface area (Å²) in [5, 5.41) is 12.3. The molecule has 0 heterocycles. The first-order valence-corrected chi connectivity index (χ1v) is 7.48. The molecule has 0 spiro atoms. The van der Waals surface area contributed by atoms with Crippen LogP contribution in [0, 0.1) is 0 Å². The van der Waals surface area contributed by atoms with Crippen LogP contribution in [-0.4, -0.2) is 11.1 Å². The Balaban J connectivity index is 1.88. The minimum absolute atomic E-state index is 0.562. The van der Waals surface area contributed by atoms with E-state index in [1.54, 1.807) is 0 Å². The van der Waals surface area contributed by atoms with Crippen LogP contribution in [0.4, 0.5) is 0 Å². The molecule has 0 radical (unpaired) electrons. The smallest absolute Gasteiger partial charge is 0.314 e. The molecule has 22 heavy (non-hydrogen) atoms. The van der Waals surface area contributed by atoms with E-state index in [4.69, 9.17) is 0 Å². The molecule has 0 amide bonds. The summed E-state index contributed by atoms with van der Waals surface area (Å²) in [7, 11) is 0. The van der Waals surface area contributed by atoms with Crippen LogP contribution in [0.1, 0.15) is 16.7 Å². The van der Waals surface area contributed by atoms with Gasteiger partial charge in [0.1, 0.15) is 5.41 Å². The minimum atomic E-state index is -0.832. The van der Waals surface area contributed by atoms with Crippen molar-refractivity contribution >= 4 is 16.7 Å². The van der Waals surface area contributed by atoms with Gasteiger partial charge >= 0.3 is 5.97 Å². The van der Waals surface area contributed by atoms with Crippen molar-refractivity contribution in [2.45, 2.75) is 18.3 Å². The molecule has 2 heteroatoms. The molecule has 1 N–H and O–H groups in total. The van der Waals surface area contributed by atoms with E-state index < -0.39 is 11.4 Å². The molecule has 3 aromatic rings. The molecule has 0 saturated carbocycles. The highest BCUT2D eigenvalue weighted by Crippen LogP contribution is 2.41. The van der Waals surface area contributed by atoms with Crippen molar-refractivity contribution in [3.8, 4) is 0 Å². The Bertz CT molecular complexity index is 821. The van der Waals surface area contributed by atoms with Gasteiger partial charge in [0.2, 0.25) is 0 Å². The van der Waals surface area contributed by atoms with Crippen molar-refractivity contribution in [2.75, 3.05) is 0 Å². The highest BCUT2D eigenvalue weighted by Gasteiger charge is 2.45. The van der Waals surface area contributed by atoms with E-state index in [0.717, 1.165) is 16.7 Å². The van der Waals surface area contributed by atoms with Gasteiger partial charge in [-0.25, -0.2) is 0 Å². The summed E-state index contributed by atoms with van der Waals surface area (Å²) in [4.78, 5) is 12.1. The Morgan fingerprint density at radius 2 is 1.32 bits per heavy atom. The van der Waals surface area contributed by atoms with Gasteiger partial charge in [-0.2, -0.15) is 0 Å². The molecule has 108 valence electrons. The van der Waals surface area contributed by atoms with Crippen molar-refractivity contribution in [3.05, 3.63) is 83.4 Å². The first-order chi connectivity index (χ1) is 10.7. The van der Waals surface area contributed by atoms with E-state index in [1.165, 1.54) is 10.8 Å². The fourth-order valence-corrected chi connectivity index (χ4v) is 3.61. The molecular formula is C20H16O2. The van der Waals surface area contributed by atoms with Crippen LogP contribution in [0.25, 0.3) is 10.8 Å². The Hall–Kier alpha value is -2.61. The number of rotatable bonds is 2. The summed E-state index contributed by atoms with van der Waals surface area (Å²) in [6.07, 6.45) is 1.12. The molecule has 0 fully saturated rings. The molecule has 2 nitrogen and oxygen atoms in total. The van der Waals surface area contributed by atoms with E-state index >= 15 is 0 Å². The third-order valence-electron chi connectivity index (χ3n) is 4.79. The zero-order valence-corrected chi connectivity index (χ0v) is 12.1. The van der Waals surface area contributed by atoms with Gasteiger partial charge in [0, 0.05) is 0 Å². The van der Waals surface area contributed by atoms with Gasteiger partial charge in [-0.1, -0.05) is 66.7 Å². The number of hydrogen-bond donors (Lipinski definition) is 1. The van der Waals surface area contributed by atoms with Crippen molar-refractivity contribution < 1.29 is 9.90 Å². The number of carboxylic acids is 1. The molecule has 3 aromatic carbocycles. The Labute approximate surface area is 129 Å². The molecule has 1 aliphatic rings. The third-order valence-corrected chi connectivity index (χ3v) is 4.79. The van der Waals surface area contributed by atoms with Crippen LogP contribution < -0.4 is 0 Å². The van der Waals surface area contributed by atoms with Crippen molar-refractivity contribution in [2.24, 2.45) is 0 Å². The van der Waals surface area contributed by atoms with Crippen LogP contribution >= 0.6 is 0 Å². The number of benzene rings is 3. The first kappa shape index (κ1) is 13.1. The zero-order chi connectivity index (χ0) is 15.2. The Morgan fingerprint density at radius 1 is 0.818 bits per heavy atom. The summed E-state index contributed by atoms with van der Waals surface area (Å²) in [5.74, 6) is -0.737. The summed E-state index contributed by atoms with van der Waals surface area (Å²) in [6.45, 7) is 0. The fourth-order valence-electron chi connectivity index (χ4n) is 3.61. The SMILES string of the molecule is O=C(O)C1(c2ccccc2)Cc2cc3ccccc3cc2C1. The van der Waals surface area contributed by atoms with Gasteiger partial charge < -0.3 is 5.11 Å². The number of hydrogen-bond acceptors (Lipinski definition) is 1.